The van der Waals surface area contributed by atoms with Crippen LogP contribution >= 0.6 is 36.2 Å². The Morgan fingerprint density at radius 3 is 2.64 bits per heavy atom. The van der Waals surface area contributed by atoms with Gasteiger partial charge in [0, 0.05) is 44.1 Å². The minimum absolute atomic E-state index is 0. The molecule has 9 heteroatoms. The van der Waals surface area contributed by atoms with Crippen LogP contribution in [0.25, 0.3) is 0 Å². The van der Waals surface area contributed by atoms with Gasteiger partial charge in [0.1, 0.15) is 10.7 Å². The van der Waals surface area contributed by atoms with Crippen molar-refractivity contribution in [3.05, 3.63) is 16.1 Å². The third kappa shape index (κ3) is 5.52. The van der Waals surface area contributed by atoms with E-state index in [0.717, 1.165) is 44.0 Å². The van der Waals surface area contributed by atoms with Crippen LogP contribution in [0.3, 0.4) is 0 Å². The van der Waals surface area contributed by atoms with Crippen molar-refractivity contribution in [2.75, 3.05) is 26.2 Å². The summed E-state index contributed by atoms with van der Waals surface area (Å²) in [5.74, 6) is 0.0535. The number of nitrogens with zero attached hydrogens (tertiary/aromatic N) is 3. The van der Waals surface area contributed by atoms with E-state index in [2.05, 4.69) is 23.7 Å². The fourth-order valence-electron chi connectivity index (χ4n) is 3.67. The highest BCUT2D eigenvalue weighted by Gasteiger charge is 2.33. The normalized spacial score (nSPS) is 26.8. The van der Waals surface area contributed by atoms with Crippen molar-refractivity contribution in [1.29, 1.82) is 0 Å². The van der Waals surface area contributed by atoms with Crippen LogP contribution < -0.4 is 5.73 Å². The van der Waals surface area contributed by atoms with Crippen LogP contribution in [0.2, 0.25) is 0 Å². The lowest BCUT2D eigenvalue weighted by atomic mass is 10.1. The highest BCUT2D eigenvalue weighted by atomic mass is 35.5. The molecule has 1 aromatic rings. The van der Waals surface area contributed by atoms with E-state index in [0.29, 0.717) is 12.2 Å². The van der Waals surface area contributed by atoms with Crippen molar-refractivity contribution in [2.45, 2.75) is 51.5 Å². The van der Waals surface area contributed by atoms with Crippen molar-refractivity contribution < 1.29 is 9.53 Å². The lowest BCUT2D eigenvalue weighted by Crippen LogP contribution is -2.51. The summed E-state index contributed by atoms with van der Waals surface area (Å²) < 4.78 is 5.80. The number of halogens is 2. The second kappa shape index (κ2) is 10.0. The van der Waals surface area contributed by atoms with Crippen molar-refractivity contribution >= 4 is 42.1 Å². The lowest BCUT2D eigenvalue weighted by molar-refractivity contribution is -0.0715. The van der Waals surface area contributed by atoms with E-state index in [1.807, 2.05) is 10.3 Å². The van der Waals surface area contributed by atoms with Gasteiger partial charge in [0.05, 0.1) is 12.2 Å². The van der Waals surface area contributed by atoms with Crippen LogP contribution in [0.15, 0.2) is 5.38 Å². The number of nitrogens with two attached hydrogens (primary N) is 1. The quantitative estimate of drug-likeness (QED) is 0.822. The maximum atomic E-state index is 12.7. The van der Waals surface area contributed by atoms with Crippen LogP contribution in [0.5, 0.6) is 0 Å². The van der Waals surface area contributed by atoms with E-state index < -0.39 is 0 Å². The summed E-state index contributed by atoms with van der Waals surface area (Å²) in [5.41, 5.74) is 6.15. The van der Waals surface area contributed by atoms with E-state index in [-0.39, 0.29) is 49.0 Å². The molecule has 0 spiro atoms. The Bertz CT molecular complexity index is 550. The first-order valence-corrected chi connectivity index (χ1v) is 9.28. The molecular weight excluding hydrogens is 383 g/mol. The van der Waals surface area contributed by atoms with E-state index in [1.165, 1.54) is 11.3 Å². The molecule has 1 aromatic heterocycles. The number of ether oxygens (including phenoxy) is 1. The molecule has 0 aromatic carbocycles. The van der Waals surface area contributed by atoms with E-state index in [4.69, 9.17) is 10.5 Å². The predicted octanol–water partition coefficient (Wildman–Crippen LogP) is 2.16. The molecule has 2 aliphatic rings. The summed E-state index contributed by atoms with van der Waals surface area (Å²) in [7, 11) is 0. The number of morpholine rings is 1. The van der Waals surface area contributed by atoms with Crippen molar-refractivity contribution in [1.82, 2.24) is 14.8 Å². The van der Waals surface area contributed by atoms with Gasteiger partial charge in [0.2, 0.25) is 0 Å². The second-order valence-corrected chi connectivity index (χ2v) is 7.54. The fraction of sp³-hybridized carbons (Fsp3) is 0.750. The largest absolute Gasteiger partial charge is 0.373 e. The molecule has 3 atom stereocenters. The minimum Gasteiger partial charge on any atom is -0.373 e. The maximum absolute atomic E-state index is 12.7. The summed E-state index contributed by atoms with van der Waals surface area (Å²) in [6.07, 6.45) is 2.66. The summed E-state index contributed by atoms with van der Waals surface area (Å²) >= 11 is 1.46. The Hall–Kier alpha value is -0.440. The summed E-state index contributed by atoms with van der Waals surface area (Å²) in [5, 5.41) is 2.65. The van der Waals surface area contributed by atoms with Crippen LogP contribution in [-0.4, -0.2) is 65.1 Å². The van der Waals surface area contributed by atoms with Gasteiger partial charge in [-0.3, -0.25) is 9.69 Å². The van der Waals surface area contributed by atoms with Crippen LogP contribution in [0.4, 0.5) is 0 Å². The van der Waals surface area contributed by atoms with Gasteiger partial charge in [-0.1, -0.05) is 0 Å². The van der Waals surface area contributed by atoms with Gasteiger partial charge in [-0.15, -0.1) is 36.2 Å². The van der Waals surface area contributed by atoms with E-state index in [1.54, 1.807) is 0 Å². The van der Waals surface area contributed by atoms with Gasteiger partial charge in [-0.25, -0.2) is 4.98 Å². The average Bonchev–Trinajstić information content (AvgIpc) is 3.14. The first-order chi connectivity index (χ1) is 11.1. The Morgan fingerprint density at radius 1 is 1.36 bits per heavy atom. The third-order valence-corrected chi connectivity index (χ3v) is 5.42. The summed E-state index contributed by atoms with van der Waals surface area (Å²) in [6, 6.07) is 0.281. The van der Waals surface area contributed by atoms with Crippen molar-refractivity contribution in [3.8, 4) is 0 Å². The average molecular weight is 411 g/mol. The number of amides is 1. The van der Waals surface area contributed by atoms with E-state index >= 15 is 0 Å². The molecule has 25 heavy (non-hydrogen) atoms. The molecule has 0 radical (unpaired) electrons. The SMILES string of the molecule is CC1CN(CC2CCCN2C(=O)c2csc(CN)n2)CC(C)O1.Cl.Cl. The number of thiazole rings is 1. The monoisotopic (exact) mass is 410 g/mol. The Morgan fingerprint density at radius 2 is 2.04 bits per heavy atom. The zero-order valence-corrected chi connectivity index (χ0v) is 17.2. The first-order valence-electron chi connectivity index (χ1n) is 8.40. The molecule has 3 rings (SSSR count). The molecule has 144 valence electrons. The van der Waals surface area contributed by atoms with Gasteiger partial charge in [0.15, 0.2) is 0 Å². The number of likely N-dealkylation sites (tertiary alicyclic amines) is 1. The number of carbonyl (C=O) groups excluding carboxylic acids is 1. The molecule has 2 fully saturated rings. The Kier molecular flexibility index (Phi) is 9.08. The number of rotatable bonds is 4. The van der Waals surface area contributed by atoms with Gasteiger partial charge in [-0.2, -0.15) is 0 Å². The molecule has 3 heterocycles. The van der Waals surface area contributed by atoms with Gasteiger partial charge >= 0.3 is 0 Å². The number of aromatic nitrogens is 1. The third-order valence-electron chi connectivity index (χ3n) is 4.55. The molecule has 2 N–H and O–H groups in total. The Balaban J connectivity index is 0.00000156. The lowest BCUT2D eigenvalue weighted by Gasteiger charge is -2.38. The molecule has 1 amide bonds. The number of hydrogen-bond acceptors (Lipinski definition) is 6. The number of carbonyl (C=O) groups is 1. The van der Waals surface area contributed by atoms with Crippen molar-refractivity contribution in [2.24, 2.45) is 5.73 Å². The fourth-order valence-corrected chi connectivity index (χ4v) is 4.32. The zero-order chi connectivity index (χ0) is 16.4. The molecule has 0 bridgehead atoms. The van der Waals surface area contributed by atoms with Gasteiger partial charge in [0.25, 0.3) is 5.91 Å². The number of hydrogen-bond donors (Lipinski definition) is 1. The van der Waals surface area contributed by atoms with Gasteiger partial charge in [-0.05, 0) is 26.7 Å². The minimum atomic E-state index is 0. The highest BCUT2D eigenvalue weighted by molar-refractivity contribution is 7.09. The molecule has 2 aliphatic heterocycles. The summed E-state index contributed by atoms with van der Waals surface area (Å²) in [6.45, 7) is 8.26. The van der Waals surface area contributed by atoms with Crippen molar-refractivity contribution in [3.63, 3.8) is 0 Å². The summed E-state index contributed by atoms with van der Waals surface area (Å²) in [4.78, 5) is 21.5. The standard InChI is InChI=1S/C16H26N4O2S.2ClH/c1-11-7-19(8-12(2)22-11)9-13-4-3-5-20(13)16(21)14-10-23-15(6-17)18-14;;/h10-13H,3-9,17H2,1-2H3;2*1H. The smallest absolute Gasteiger partial charge is 0.273 e. The molecule has 6 nitrogen and oxygen atoms in total. The van der Waals surface area contributed by atoms with Gasteiger partial charge < -0.3 is 15.4 Å². The maximum Gasteiger partial charge on any atom is 0.273 e. The zero-order valence-electron chi connectivity index (χ0n) is 14.7. The molecule has 0 aliphatic carbocycles. The first kappa shape index (κ1) is 22.6. The van der Waals surface area contributed by atoms with Crippen LogP contribution in [0, 0.1) is 0 Å². The predicted molar refractivity (Wildman–Crippen MR) is 105 cm³/mol. The second-order valence-electron chi connectivity index (χ2n) is 6.60. The molecular formula is C16H28Cl2N4O2S. The highest BCUT2D eigenvalue weighted by Crippen LogP contribution is 2.23. The topological polar surface area (TPSA) is 71.7 Å². The Labute approximate surface area is 165 Å². The van der Waals surface area contributed by atoms with Crippen LogP contribution in [0.1, 0.15) is 42.2 Å². The molecule has 3 unspecified atom stereocenters. The van der Waals surface area contributed by atoms with Crippen LogP contribution in [-0.2, 0) is 11.3 Å². The van der Waals surface area contributed by atoms with E-state index in [9.17, 15) is 4.79 Å². The molecule has 2 saturated heterocycles. The molecule has 0 saturated carbocycles.